The van der Waals surface area contributed by atoms with Gasteiger partial charge in [-0.2, -0.15) is 5.26 Å². The highest BCUT2D eigenvalue weighted by Gasteiger charge is 2.44. The zero-order chi connectivity index (χ0) is 24.7. The van der Waals surface area contributed by atoms with Crippen molar-refractivity contribution in [3.05, 3.63) is 53.3 Å². The van der Waals surface area contributed by atoms with Crippen molar-refractivity contribution < 1.29 is 14.7 Å². The zero-order valence-electron chi connectivity index (χ0n) is 19.4. The van der Waals surface area contributed by atoms with Gasteiger partial charge in [-0.3, -0.25) is 10.3 Å². The molecule has 2 aromatic heterocycles. The van der Waals surface area contributed by atoms with Crippen molar-refractivity contribution in [2.75, 3.05) is 18.4 Å². The number of nitrogens with zero attached hydrogens (tertiary/aromatic N) is 5. The van der Waals surface area contributed by atoms with Gasteiger partial charge in [0.05, 0.1) is 34.3 Å². The monoisotopic (exact) mass is 488 g/mol. The summed E-state index contributed by atoms with van der Waals surface area (Å²) >= 11 is 1.37. The van der Waals surface area contributed by atoms with Crippen LogP contribution in [0, 0.1) is 25.2 Å². The number of urea groups is 1. The van der Waals surface area contributed by atoms with Crippen molar-refractivity contribution >= 4 is 28.6 Å². The predicted molar refractivity (Wildman–Crippen MR) is 132 cm³/mol. The number of nitrogens with one attached hydrogen (secondary N) is 1. The van der Waals surface area contributed by atoms with E-state index in [0.29, 0.717) is 29.5 Å². The van der Waals surface area contributed by atoms with Crippen molar-refractivity contribution in [2.24, 2.45) is 0 Å². The number of aromatic nitrogens is 2. The molecule has 2 bridgehead atoms. The van der Waals surface area contributed by atoms with E-state index in [1.807, 2.05) is 38.1 Å². The highest BCUT2D eigenvalue weighted by atomic mass is 32.1. The average molecular weight is 489 g/mol. The number of pyridine rings is 1. The summed E-state index contributed by atoms with van der Waals surface area (Å²) < 4.78 is 0. The van der Waals surface area contributed by atoms with Gasteiger partial charge in [0.25, 0.3) is 0 Å². The van der Waals surface area contributed by atoms with E-state index in [4.69, 9.17) is 4.98 Å². The molecule has 0 spiro atoms. The number of thiazole rings is 1. The van der Waals surface area contributed by atoms with Crippen LogP contribution in [0.5, 0.6) is 0 Å². The largest absolute Gasteiger partial charge is 0.465 e. The molecular formula is C25H24N6O3S. The van der Waals surface area contributed by atoms with Gasteiger partial charge in [-0.05, 0) is 56.5 Å². The molecule has 1 aromatic carbocycles. The number of piperazine rings is 1. The first-order valence-electron chi connectivity index (χ1n) is 11.4. The lowest BCUT2D eigenvalue weighted by atomic mass is 10.0. The van der Waals surface area contributed by atoms with E-state index in [2.05, 4.69) is 16.4 Å². The molecule has 10 heteroatoms. The molecule has 3 aromatic rings. The summed E-state index contributed by atoms with van der Waals surface area (Å²) in [6.45, 7) is 4.51. The third-order valence-corrected chi connectivity index (χ3v) is 7.46. The van der Waals surface area contributed by atoms with Crippen molar-refractivity contribution in [1.82, 2.24) is 19.8 Å². The number of anilines is 1. The Balaban J connectivity index is 1.48. The Morgan fingerprint density at radius 1 is 1.09 bits per heavy atom. The van der Waals surface area contributed by atoms with Gasteiger partial charge in [-0.1, -0.05) is 23.5 Å². The molecule has 9 nitrogen and oxygen atoms in total. The number of rotatable bonds is 3. The molecule has 4 heterocycles. The third-order valence-electron chi connectivity index (χ3n) is 6.44. The van der Waals surface area contributed by atoms with Crippen molar-refractivity contribution in [1.29, 1.82) is 5.26 Å². The first kappa shape index (κ1) is 22.8. The molecule has 0 radical (unpaired) electrons. The van der Waals surface area contributed by atoms with Crippen LogP contribution in [0.3, 0.4) is 0 Å². The minimum Gasteiger partial charge on any atom is -0.465 e. The Kier molecular flexibility index (Phi) is 5.86. The van der Waals surface area contributed by atoms with Crippen LogP contribution in [-0.2, 0) is 0 Å². The highest BCUT2D eigenvalue weighted by Crippen LogP contribution is 2.40. The third kappa shape index (κ3) is 4.42. The zero-order valence-corrected chi connectivity index (χ0v) is 20.2. The van der Waals surface area contributed by atoms with Gasteiger partial charge >= 0.3 is 12.1 Å². The van der Waals surface area contributed by atoms with Crippen molar-refractivity contribution in [3.8, 4) is 27.8 Å². The van der Waals surface area contributed by atoms with E-state index in [9.17, 15) is 20.0 Å². The normalized spacial score (nSPS) is 18.9. The summed E-state index contributed by atoms with van der Waals surface area (Å²) in [6.07, 6.45) is 0.623. The van der Waals surface area contributed by atoms with Gasteiger partial charge in [0, 0.05) is 30.0 Å². The van der Waals surface area contributed by atoms with E-state index in [-0.39, 0.29) is 18.1 Å². The van der Waals surface area contributed by atoms with Crippen LogP contribution in [0.15, 0.2) is 36.4 Å². The summed E-state index contributed by atoms with van der Waals surface area (Å²) in [5.41, 5.74) is 4.71. The highest BCUT2D eigenvalue weighted by molar-refractivity contribution is 7.19. The van der Waals surface area contributed by atoms with Gasteiger partial charge < -0.3 is 14.9 Å². The van der Waals surface area contributed by atoms with E-state index < -0.39 is 6.09 Å². The van der Waals surface area contributed by atoms with Gasteiger partial charge in [0.2, 0.25) is 0 Å². The fourth-order valence-corrected chi connectivity index (χ4v) is 5.98. The van der Waals surface area contributed by atoms with Crippen LogP contribution in [0.1, 0.15) is 29.8 Å². The molecule has 2 aliphatic rings. The molecule has 3 amide bonds. The second-order valence-electron chi connectivity index (χ2n) is 8.94. The topological polar surface area (TPSA) is 122 Å². The number of fused-ring (bicyclic) bond motifs is 2. The molecule has 0 saturated carbocycles. The quantitative estimate of drug-likeness (QED) is 0.550. The maximum Gasteiger partial charge on any atom is 0.407 e. The van der Waals surface area contributed by atoms with Crippen LogP contribution in [0.4, 0.5) is 14.7 Å². The maximum absolute atomic E-state index is 13.3. The SMILES string of the molecule is Cc1cc(-c2sc(NC(=O)N3C4CCC3CN(C(=O)O)C4)nc2-c2cccc(C#N)c2)cc(C)n1. The standard InChI is InChI=1S/C25H24N6O3S/c1-14-8-18(9-15(2)27-14)22-21(17-5-3-4-16(10-17)11-26)28-23(35-22)29-24(32)31-19-6-7-20(31)13-30(12-19)25(33)34/h3-5,8-10,19-20H,6-7,12-13H2,1-2H3,(H,33,34)(H,28,29,32). The molecule has 2 unspecified atom stereocenters. The number of benzene rings is 1. The number of aryl methyl sites for hydroxylation is 2. The Hall–Kier alpha value is -3.97. The predicted octanol–water partition coefficient (Wildman–Crippen LogP) is 4.72. The molecule has 0 aliphatic carbocycles. The van der Waals surface area contributed by atoms with Gasteiger partial charge in [0.1, 0.15) is 0 Å². The van der Waals surface area contributed by atoms with E-state index in [1.165, 1.54) is 16.2 Å². The molecule has 2 atom stereocenters. The number of hydrogen-bond acceptors (Lipinski definition) is 6. The smallest absolute Gasteiger partial charge is 0.407 e. The number of carbonyl (C=O) groups is 2. The second-order valence-corrected chi connectivity index (χ2v) is 9.94. The van der Waals surface area contributed by atoms with Gasteiger partial charge in [-0.15, -0.1) is 0 Å². The lowest BCUT2D eigenvalue weighted by Crippen LogP contribution is -2.57. The van der Waals surface area contributed by atoms with Gasteiger partial charge in [-0.25, -0.2) is 14.6 Å². The molecule has 178 valence electrons. The summed E-state index contributed by atoms with van der Waals surface area (Å²) in [4.78, 5) is 38.0. The Bertz CT molecular complexity index is 1330. The van der Waals surface area contributed by atoms with Crippen LogP contribution < -0.4 is 5.32 Å². The number of carbonyl (C=O) groups excluding carboxylic acids is 1. The first-order valence-corrected chi connectivity index (χ1v) is 12.2. The van der Waals surface area contributed by atoms with E-state index >= 15 is 0 Å². The summed E-state index contributed by atoms with van der Waals surface area (Å²) in [7, 11) is 0. The molecule has 2 fully saturated rings. The van der Waals surface area contributed by atoms with Crippen LogP contribution >= 0.6 is 11.3 Å². The Labute approximate surface area is 206 Å². The fraction of sp³-hybridized carbons (Fsp3) is 0.320. The Morgan fingerprint density at radius 2 is 1.77 bits per heavy atom. The maximum atomic E-state index is 13.3. The minimum atomic E-state index is -0.946. The van der Waals surface area contributed by atoms with E-state index in [0.717, 1.165) is 40.2 Å². The number of amides is 3. The Morgan fingerprint density at radius 3 is 2.40 bits per heavy atom. The summed E-state index contributed by atoms with van der Waals surface area (Å²) in [5, 5.41) is 22.1. The summed E-state index contributed by atoms with van der Waals surface area (Å²) in [6, 6.07) is 12.8. The molecule has 2 aliphatic heterocycles. The molecule has 5 rings (SSSR count). The van der Waals surface area contributed by atoms with Crippen LogP contribution in [-0.4, -0.2) is 62.2 Å². The molecular weight excluding hydrogens is 464 g/mol. The summed E-state index contributed by atoms with van der Waals surface area (Å²) in [5.74, 6) is 0. The number of nitriles is 1. The van der Waals surface area contributed by atoms with Crippen LogP contribution in [0.2, 0.25) is 0 Å². The lowest BCUT2D eigenvalue weighted by Gasteiger charge is -2.39. The fourth-order valence-electron chi connectivity index (χ4n) is 5.01. The van der Waals surface area contributed by atoms with Crippen molar-refractivity contribution in [3.63, 3.8) is 0 Å². The lowest BCUT2D eigenvalue weighted by molar-refractivity contribution is 0.0830. The first-order chi connectivity index (χ1) is 16.8. The van der Waals surface area contributed by atoms with E-state index in [1.54, 1.807) is 17.0 Å². The number of hydrogen-bond donors (Lipinski definition) is 2. The second kappa shape index (κ2) is 9.00. The average Bonchev–Trinajstić information content (AvgIpc) is 3.36. The molecule has 35 heavy (non-hydrogen) atoms. The minimum absolute atomic E-state index is 0.137. The molecule has 2 N–H and O–H groups in total. The number of likely N-dealkylation sites (tertiary alicyclic amines) is 1. The molecule has 2 saturated heterocycles. The number of carboxylic acid groups (broad SMARTS) is 1. The van der Waals surface area contributed by atoms with Gasteiger partial charge in [0.15, 0.2) is 5.13 Å². The van der Waals surface area contributed by atoms with Crippen LogP contribution in [0.25, 0.3) is 21.7 Å². The van der Waals surface area contributed by atoms with Crippen molar-refractivity contribution in [2.45, 2.75) is 38.8 Å².